The number of hydrogen-bond donors (Lipinski definition) is 2. The van der Waals surface area contributed by atoms with Gasteiger partial charge in [-0.25, -0.2) is 0 Å². The van der Waals surface area contributed by atoms with E-state index in [-0.39, 0.29) is 5.41 Å². The van der Waals surface area contributed by atoms with Crippen molar-refractivity contribution in [3.63, 3.8) is 0 Å². The third-order valence-corrected chi connectivity index (χ3v) is 2.60. The van der Waals surface area contributed by atoms with Gasteiger partial charge in [0.1, 0.15) is 6.29 Å². The molecule has 1 saturated carbocycles. The topological polar surface area (TPSA) is 57.5 Å². The lowest BCUT2D eigenvalue weighted by Gasteiger charge is -2.24. The summed E-state index contributed by atoms with van der Waals surface area (Å²) in [7, 11) is 1.00. The van der Waals surface area contributed by atoms with Crippen LogP contribution in [0, 0.1) is 5.41 Å². The Morgan fingerprint density at radius 1 is 1.21 bits per heavy atom. The van der Waals surface area contributed by atoms with E-state index in [1.807, 2.05) is 13.8 Å². The highest BCUT2D eigenvalue weighted by Gasteiger charge is 2.37. The molecule has 1 aliphatic carbocycles. The Kier molecular flexibility index (Phi) is 10.5. The summed E-state index contributed by atoms with van der Waals surface area (Å²) in [5, 5.41) is 16.3. The van der Waals surface area contributed by atoms with E-state index in [0.29, 0.717) is 0 Å². The number of rotatable bonds is 2. The van der Waals surface area contributed by atoms with Gasteiger partial charge in [-0.3, -0.25) is 0 Å². The molecule has 86 valence electrons. The maximum Gasteiger partial charge on any atom is 0.128 e. The summed E-state index contributed by atoms with van der Waals surface area (Å²) in [6.07, 6.45) is 4.38. The maximum absolute atomic E-state index is 10.6. The Morgan fingerprint density at radius 2 is 1.57 bits per heavy atom. The van der Waals surface area contributed by atoms with Crippen molar-refractivity contribution in [3.8, 4) is 0 Å². The third kappa shape index (κ3) is 4.20. The van der Waals surface area contributed by atoms with Crippen LogP contribution in [0.2, 0.25) is 0 Å². The van der Waals surface area contributed by atoms with Gasteiger partial charge in [0.05, 0.1) is 11.5 Å². The Balaban J connectivity index is 0. The van der Waals surface area contributed by atoms with Crippen LogP contribution in [0.15, 0.2) is 0 Å². The van der Waals surface area contributed by atoms with Gasteiger partial charge in [-0.15, -0.1) is 0 Å². The second kappa shape index (κ2) is 9.16. The van der Waals surface area contributed by atoms with Crippen molar-refractivity contribution in [2.45, 2.75) is 52.6 Å². The van der Waals surface area contributed by atoms with Crippen molar-refractivity contribution < 1.29 is 15.0 Å². The van der Waals surface area contributed by atoms with Crippen LogP contribution in [0.3, 0.4) is 0 Å². The Bertz CT molecular complexity index is 126. The number of aldehydes is 1. The zero-order valence-electron chi connectivity index (χ0n) is 9.79. The van der Waals surface area contributed by atoms with Crippen LogP contribution < -0.4 is 0 Å². The van der Waals surface area contributed by atoms with E-state index in [1.54, 1.807) is 6.92 Å². The molecule has 0 radical (unpaired) electrons. The molecule has 0 heterocycles. The first kappa shape index (κ1) is 16.0. The van der Waals surface area contributed by atoms with Crippen LogP contribution in [0.1, 0.15) is 46.5 Å². The standard InChI is InChI=1S/C8H14O2.C2H6.CH4O/c1-7(10)8(6-9)4-2-3-5-8;2*1-2/h6-7,10H,2-5H2,1H3;1-2H3;2H,1H3. The molecule has 1 aliphatic rings. The molecule has 14 heavy (non-hydrogen) atoms. The van der Waals surface area contributed by atoms with E-state index >= 15 is 0 Å². The minimum Gasteiger partial charge on any atom is -0.400 e. The summed E-state index contributed by atoms with van der Waals surface area (Å²) in [4.78, 5) is 10.6. The van der Waals surface area contributed by atoms with Gasteiger partial charge in [-0.1, -0.05) is 26.7 Å². The average Bonchev–Trinajstić information content (AvgIpc) is 2.73. The van der Waals surface area contributed by atoms with Crippen molar-refractivity contribution >= 4 is 6.29 Å². The Labute approximate surface area is 87.1 Å². The van der Waals surface area contributed by atoms with Crippen molar-refractivity contribution in [3.05, 3.63) is 0 Å². The summed E-state index contributed by atoms with van der Waals surface area (Å²) < 4.78 is 0. The number of aliphatic hydroxyl groups is 2. The summed E-state index contributed by atoms with van der Waals surface area (Å²) in [5.41, 5.74) is -0.389. The second-order valence-electron chi connectivity index (χ2n) is 3.23. The quantitative estimate of drug-likeness (QED) is 0.674. The zero-order chi connectivity index (χ0) is 11.6. The Morgan fingerprint density at radius 3 is 1.71 bits per heavy atom. The van der Waals surface area contributed by atoms with Gasteiger partial charge in [-0.2, -0.15) is 0 Å². The van der Waals surface area contributed by atoms with E-state index in [1.165, 1.54) is 0 Å². The smallest absolute Gasteiger partial charge is 0.128 e. The molecule has 1 rings (SSSR count). The molecule has 1 unspecified atom stereocenters. The molecular weight excluding hydrogens is 180 g/mol. The molecular formula is C11H24O3. The molecule has 0 spiro atoms. The van der Waals surface area contributed by atoms with E-state index in [9.17, 15) is 9.90 Å². The van der Waals surface area contributed by atoms with Crippen LogP contribution >= 0.6 is 0 Å². The van der Waals surface area contributed by atoms with E-state index in [0.717, 1.165) is 39.1 Å². The minimum absolute atomic E-state index is 0.389. The fourth-order valence-electron chi connectivity index (χ4n) is 1.67. The Hall–Kier alpha value is -0.410. The molecule has 0 saturated heterocycles. The second-order valence-corrected chi connectivity index (χ2v) is 3.23. The fourth-order valence-corrected chi connectivity index (χ4v) is 1.67. The SMILES string of the molecule is CC.CC(O)C1(C=O)CCCC1.CO. The number of carbonyl (C=O) groups excluding carboxylic acids is 1. The van der Waals surface area contributed by atoms with Crippen LogP contribution in [0.5, 0.6) is 0 Å². The highest BCUT2D eigenvalue weighted by atomic mass is 16.3. The van der Waals surface area contributed by atoms with E-state index < -0.39 is 6.10 Å². The van der Waals surface area contributed by atoms with Crippen LogP contribution in [-0.2, 0) is 4.79 Å². The maximum atomic E-state index is 10.6. The minimum atomic E-state index is -0.465. The highest BCUT2D eigenvalue weighted by Crippen LogP contribution is 2.38. The first-order valence-corrected chi connectivity index (χ1v) is 5.30. The summed E-state index contributed by atoms with van der Waals surface area (Å²) in [5.74, 6) is 0. The van der Waals surface area contributed by atoms with Gasteiger partial charge in [0.15, 0.2) is 0 Å². The largest absolute Gasteiger partial charge is 0.400 e. The van der Waals surface area contributed by atoms with Gasteiger partial charge in [0, 0.05) is 7.11 Å². The molecule has 0 aromatic carbocycles. The lowest BCUT2D eigenvalue weighted by molar-refractivity contribution is -0.121. The monoisotopic (exact) mass is 204 g/mol. The number of hydrogen-bond acceptors (Lipinski definition) is 3. The van der Waals surface area contributed by atoms with Gasteiger partial charge in [0.25, 0.3) is 0 Å². The molecule has 0 bridgehead atoms. The predicted octanol–water partition coefficient (Wildman–Crippen LogP) is 1.76. The summed E-state index contributed by atoms with van der Waals surface area (Å²) in [6.45, 7) is 5.71. The van der Waals surface area contributed by atoms with Crippen LogP contribution in [-0.4, -0.2) is 29.7 Å². The molecule has 0 aromatic heterocycles. The van der Waals surface area contributed by atoms with Gasteiger partial charge >= 0.3 is 0 Å². The normalized spacial score (nSPS) is 19.6. The van der Waals surface area contributed by atoms with Crippen molar-refractivity contribution in [2.75, 3.05) is 7.11 Å². The first-order valence-electron chi connectivity index (χ1n) is 5.30. The van der Waals surface area contributed by atoms with E-state index in [4.69, 9.17) is 5.11 Å². The van der Waals surface area contributed by atoms with Crippen molar-refractivity contribution in [2.24, 2.45) is 5.41 Å². The summed E-state index contributed by atoms with van der Waals surface area (Å²) in [6, 6.07) is 0. The number of aliphatic hydroxyl groups excluding tert-OH is 2. The molecule has 3 nitrogen and oxygen atoms in total. The molecule has 0 aliphatic heterocycles. The van der Waals surface area contributed by atoms with Crippen LogP contribution in [0.4, 0.5) is 0 Å². The van der Waals surface area contributed by atoms with Crippen molar-refractivity contribution in [1.29, 1.82) is 0 Å². The third-order valence-electron chi connectivity index (χ3n) is 2.60. The molecule has 1 atom stereocenters. The molecule has 3 heteroatoms. The van der Waals surface area contributed by atoms with Crippen molar-refractivity contribution in [1.82, 2.24) is 0 Å². The molecule has 2 N–H and O–H groups in total. The lowest BCUT2D eigenvalue weighted by Crippen LogP contribution is -2.31. The summed E-state index contributed by atoms with van der Waals surface area (Å²) >= 11 is 0. The fraction of sp³-hybridized carbons (Fsp3) is 0.909. The van der Waals surface area contributed by atoms with E-state index in [2.05, 4.69) is 0 Å². The van der Waals surface area contributed by atoms with Crippen LogP contribution in [0.25, 0.3) is 0 Å². The first-order chi connectivity index (χ1) is 6.71. The lowest BCUT2D eigenvalue weighted by atomic mass is 9.83. The number of carbonyl (C=O) groups is 1. The van der Waals surface area contributed by atoms with Gasteiger partial charge in [0.2, 0.25) is 0 Å². The molecule has 0 amide bonds. The zero-order valence-corrected chi connectivity index (χ0v) is 9.79. The van der Waals surface area contributed by atoms with Gasteiger partial charge < -0.3 is 15.0 Å². The average molecular weight is 204 g/mol. The molecule has 1 fully saturated rings. The van der Waals surface area contributed by atoms with Gasteiger partial charge in [-0.05, 0) is 19.8 Å². The predicted molar refractivity (Wildman–Crippen MR) is 58.1 cm³/mol. The molecule has 0 aromatic rings. The highest BCUT2D eigenvalue weighted by molar-refractivity contribution is 5.60.